The quantitative estimate of drug-likeness (QED) is 0.0212. The summed E-state index contributed by atoms with van der Waals surface area (Å²) in [6.07, 6.45) is 8.33. The molecule has 0 aliphatic rings. The van der Waals surface area contributed by atoms with E-state index in [1.54, 1.807) is 0 Å². The number of hydrogen-bond donors (Lipinski definition) is 22. The lowest BCUT2D eigenvalue weighted by molar-refractivity contribution is -0.164. The van der Waals surface area contributed by atoms with Gasteiger partial charge in [0.2, 0.25) is 0 Å². The van der Waals surface area contributed by atoms with Crippen LogP contribution in [0.1, 0.15) is 130 Å². The Bertz CT molecular complexity index is 2390. The third-order valence-electron chi connectivity index (χ3n) is 19.0. The predicted octanol–water partition coefficient (Wildman–Crippen LogP) is -1.11. The van der Waals surface area contributed by atoms with Crippen LogP contribution in [-0.4, -0.2) is 428 Å². The van der Waals surface area contributed by atoms with E-state index in [4.69, 9.17) is 179 Å². The lowest BCUT2D eigenvalue weighted by atomic mass is 9.76. The minimum absolute atomic E-state index is 0.0122. The average molecular weight is 1850 g/mol. The van der Waals surface area contributed by atoms with E-state index in [0.29, 0.717) is 150 Å². The molecule has 0 aliphatic heterocycles. The van der Waals surface area contributed by atoms with E-state index in [2.05, 4.69) is 0 Å². The van der Waals surface area contributed by atoms with Gasteiger partial charge in [-0.05, 0) is 111 Å². The fourth-order valence-electron chi connectivity index (χ4n) is 11.1. The zero-order valence-electron chi connectivity index (χ0n) is 76.9. The number of rotatable bonds is 75. The molecule has 0 atom stereocenters. The van der Waals surface area contributed by atoms with Crippen molar-refractivity contribution in [3.8, 4) is 0 Å². The van der Waals surface area contributed by atoms with Crippen molar-refractivity contribution in [3.05, 3.63) is 71.8 Å². The molecule has 39 nitrogen and oxygen atoms in total. The molecule has 0 aliphatic carbocycles. The van der Waals surface area contributed by atoms with Gasteiger partial charge in [-0.1, -0.05) is 102 Å². The second kappa shape index (κ2) is 96.1. The van der Waals surface area contributed by atoms with Gasteiger partial charge in [-0.3, -0.25) is 0 Å². The van der Waals surface area contributed by atoms with Crippen molar-refractivity contribution in [1.29, 1.82) is 0 Å². The van der Waals surface area contributed by atoms with E-state index >= 15 is 0 Å². The van der Waals surface area contributed by atoms with Crippen LogP contribution >= 0.6 is 0 Å². The SMILES string of the molecule is CC(CCO)(CCO)CCO.CC(CCO)(CCO)COCc1ccccc1.CC(COC(=O)CO)(COC(=O)CO)COC(=O)CO.CC(COCCO)(COCCO)COCCO.CCC(CCO)(CCO)CCO.CCC(COCCO)(COCCO)COCCO.OCCC(CCO)COCc1ccccc1.OCCOCC(COCCO)COCCO. The normalized spacial score (nSPS) is 11.5. The monoisotopic (exact) mass is 1850 g/mol. The molecule has 0 aromatic heterocycles. The molecule has 0 spiro atoms. The number of ether oxygens (including phenoxy) is 14. The molecule has 2 aromatic carbocycles. The average Bonchev–Trinajstić information content (AvgIpc) is 0.894. The Balaban J connectivity index is -0.000000331. The van der Waals surface area contributed by atoms with Crippen LogP contribution in [0.3, 0.4) is 0 Å². The topological polar surface area (TPSA) is 625 Å². The molecule has 0 bridgehead atoms. The maximum atomic E-state index is 10.9. The second-order valence-corrected chi connectivity index (χ2v) is 31.0. The Morgan fingerprint density at radius 3 is 0.756 bits per heavy atom. The van der Waals surface area contributed by atoms with Gasteiger partial charge in [0.05, 0.1) is 210 Å². The van der Waals surface area contributed by atoms with Crippen LogP contribution in [0.5, 0.6) is 0 Å². The maximum absolute atomic E-state index is 10.9. The summed E-state index contributed by atoms with van der Waals surface area (Å²) in [5.41, 5.74) is 0.269. The summed E-state index contributed by atoms with van der Waals surface area (Å²) in [5.74, 6) is -2.38. The summed E-state index contributed by atoms with van der Waals surface area (Å²) >= 11 is 0. The first-order valence-corrected chi connectivity index (χ1v) is 43.4. The first-order valence-electron chi connectivity index (χ1n) is 43.4. The van der Waals surface area contributed by atoms with Crippen molar-refractivity contribution in [2.45, 2.75) is 132 Å². The Morgan fingerprint density at radius 1 is 0.252 bits per heavy atom. The van der Waals surface area contributed by atoms with Gasteiger partial charge >= 0.3 is 17.9 Å². The number of hydrogen-bond acceptors (Lipinski definition) is 39. The second-order valence-electron chi connectivity index (χ2n) is 31.0. The van der Waals surface area contributed by atoms with Crippen LogP contribution in [0, 0.1) is 44.3 Å². The summed E-state index contributed by atoms with van der Waals surface area (Å²) in [6, 6.07) is 20.0. The highest BCUT2D eigenvalue weighted by atomic mass is 16.6. The molecule has 0 fully saturated rings. The lowest BCUT2D eigenvalue weighted by Gasteiger charge is -2.32. The van der Waals surface area contributed by atoms with E-state index in [-0.39, 0.29) is 244 Å². The molecule has 127 heavy (non-hydrogen) atoms. The van der Waals surface area contributed by atoms with Crippen LogP contribution in [-0.2, 0) is 93.9 Å². The first kappa shape index (κ1) is 133. The highest BCUT2D eigenvalue weighted by molar-refractivity contribution is 5.71. The van der Waals surface area contributed by atoms with Crippen LogP contribution in [0.2, 0.25) is 0 Å². The summed E-state index contributed by atoms with van der Waals surface area (Å²) in [6.45, 7) is 17.9. The van der Waals surface area contributed by atoms with E-state index in [0.717, 1.165) is 24.0 Å². The van der Waals surface area contributed by atoms with Crippen LogP contribution in [0.25, 0.3) is 0 Å². The van der Waals surface area contributed by atoms with Gasteiger partial charge in [0, 0.05) is 82.8 Å². The van der Waals surface area contributed by atoms with Gasteiger partial charge in [0.1, 0.15) is 39.6 Å². The zero-order valence-corrected chi connectivity index (χ0v) is 76.9. The predicted molar refractivity (Wildman–Crippen MR) is 469 cm³/mol. The number of benzene rings is 2. The third kappa shape index (κ3) is 84.3. The third-order valence-corrected chi connectivity index (χ3v) is 19.0. The van der Waals surface area contributed by atoms with Crippen molar-refractivity contribution in [2.24, 2.45) is 44.3 Å². The largest absolute Gasteiger partial charge is 0.463 e. The molecule has 0 amide bonds. The van der Waals surface area contributed by atoms with Crippen LogP contribution in [0.4, 0.5) is 0 Å². The molecule has 0 saturated heterocycles. The van der Waals surface area contributed by atoms with Crippen LogP contribution < -0.4 is 0 Å². The summed E-state index contributed by atoms with van der Waals surface area (Å²) in [4.78, 5) is 32.6. The van der Waals surface area contributed by atoms with Crippen molar-refractivity contribution >= 4 is 17.9 Å². The van der Waals surface area contributed by atoms with E-state index in [9.17, 15) is 14.4 Å². The van der Waals surface area contributed by atoms with Crippen molar-refractivity contribution in [2.75, 3.05) is 297 Å². The van der Waals surface area contributed by atoms with E-state index < -0.39 is 43.1 Å². The van der Waals surface area contributed by atoms with Gasteiger partial charge in [-0.25, -0.2) is 14.4 Å². The molecule has 39 heteroatoms. The molecule has 0 unspecified atom stereocenters. The Morgan fingerprint density at radius 2 is 0.496 bits per heavy atom. The number of aliphatic hydroxyl groups is 22. The van der Waals surface area contributed by atoms with Gasteiger partial charge in [0.15, 0.2) is 0 Å². The Labute approximate surface area is 753 Å². The molecular weight excluding hydrogens is 1680 g/mol. The fraction of sp³-hybridized carbons (Fsp3) is 0.830. The summed E-state index contributed by atoms with van der Waals surface area (Å²) in [7, 11) is 0. The molecule has 0 saturated carbocycles. The molecule has 2 aromatic rings. The Kier molecular flexibility index (Phi) is 101. The molecule has 2 rings (SSSR count). The summed E-state index contributed by atoms with van der Waals surface area (Å²) in [5, 5.41) is 192. The molecule has 756 valence electrons. The minimum Gasteiger partial charge on any atom is -0.463 e. The lowest BCUT2D eigenvalue weighted by Crippen LogP contribution is -2.37. The standard InChI is InChI=1S/C14H22O3.C13H20O3.C12H26O6.C11H18O9.C11H24O6.C10H22O6.C9H20O3.C8H18O3/c1-14(7-9-15,8-10-16)12-17-11-13-5-3-2-4-6-13;14-8-6-13(7-9-15)11-16-10-12-4-2-1-3-5-12;1-2-12(9-16-6-3-13,10-17-7-4-14)11-18-8-5-15;1-11(5-18-8(15)2-12,6-19-9(16)3-13)7-20-10(17)4-14;1-11(8-15-5-2-12,9-16-6-3-13)10-17-7-4-14;11-1-4-14-7-10(8-15-5-2-12)9-16-6-3-13;1-2-9(3-6-10,4-7-11)5-8-12;1-8(2-5-9,3-6-10)4-7-11/h2-6,15-16H,7-12H2,1H3;1-5,13-15H,6-11H2;13-15H,2-11H2,1H3;12-14H,2-7H2,1H3;12-14H,2-10H2,1H3;10-13H,1-9H2;10-12H,2-8H2,1H3;9-11H,2-7H2,1H3. The van der Waals surface area contributed by atoms with Crippen molar-refractivity contribution in [1.82, 2.24) is 0 Å². The van der Waals surface area contributed by atoms with Gasteiger partial charge in [-0.2, -0.15) is 0 Å². The molecular formula is C88H170O39. The number of carbonyl (C=O) groups excluding carboxylic acids is 3. The maximum Gasteiger partial charge on any atom is 0.331 e. The Hall–Kier alpha value is -4.47. The van der Waals surface area contributed by atoms with Gasteiger partial charge in [0.25, 0.3) is 0 Å². The van der Waals surface area contributed by atoms with E-state index in [1.165, 1.54) is 6.92 Å². The molecule has 0 heterocycles. The fourth-order valence-corrected chi connectivity index (χ4v) is 11.1. The first-order chi connectivity index (χ1) is 61.1. The highest BCUT2D eigenvalue weighted by Crippen LogP contribution is 2.34. The van der Waals surface area contributed by atoms with E-state index in [1.807, 2.05) is 95.3 Å². The number of aliphatic hydroxyl groups excluding tert-OH is 22. The molecule has 22 N–H and O–H groups in total. The zero-order chi connectivity index (χ0) is 96.7. The summed E-state index contributed by atoms with van der Waals surface area (Å²) < 4.78 is 72.7. The van der Waals surface area contributed by atoms with Gasteiger partial charge in [-0.15, -0.1) is 0 Å². The van der Waals surface area contributed by atoms with Gasteiger partial charge < -0.3 is 179 Å². The number of esters is 3. The van der Waals surface area contributed by atoms with Crippen molar-refractivity contribution in [3.63, 3.8) is 0 Å². The van der Waals surface area contributed by atoms with Crippen molar-refractivity contribution < 1.29 is 193 Å². The van der Waals surface area contributed by atoms with Crippen LogP contribution in [0.15, 0.2) is 60.7 Å². The highest BCUT2D eigenvalue weighted by Gasteiger charge is 2.33. The molecule has 0 radical (unpaired) electrons. The number of carbonyl (C=O) groups is 3. The smallest absolute Gasteiger partial charge is 0.331 e. The minimum atomic E-state index is -1.07.